The van der Waals surface area contributed by atoms with Crippen molar-refractivity contribution < 1.29 is 0 Å². The summed E-state index contributed by atoms with van der Waals surface area (Å²) in [6.07, 6.45) is 0. The largest absolute Gasteiger partial charge is 0.315 e. The summed E-state index contributed by atoms with van der Waals surface area (Å²) in [5.41, 5.74) is 3.60. The molecule has 0 unspecified atom stereocenters. The van der Waals surface area contributed by atoms with E-state index in [2.05, 4.69) is 50.9 Å². The van der Waals surface area contributed by atoms with Crippen molar-refractivity contribution in [3.63, 3.8) is 0 Å². The summed E-state index contributed by atoms with van der Waals surface area (Å²) >= 11 is 5.43. The van der Waals surface area contributed by atoms with Gasteiger partial charge in [-0.1, -0.05) is 0 Å². The highest BCUT2D eigenvalue weighted by Crippen LogP contribution is 2.25. The molecule has 0 fully saturated rings. The van der Waals surface area contributed by atoms with Gasteiger partial charge in [0.15, 0.2) is 0 Å². The van der Waals surface area contributed by atoms with Crippen molar-refractivity contribution in [2.75, 3.05) is 7.05 Å². The average Bonchev–Trinajstić information content (AvgIpc) is 2.77. The van der Waals surface area contributed by atoms with E-state index >= 15 is 0 Å². The van der Waals surface area contributed by atoms with Crippen LogP contribution in [0.4, 0.5) is 0 Å². The van der Waals surface area contributed by atoms with Gasteiger partial charge in [0, 0.05) is 16.3 Å². The standard InChI is InChI=1S/C13H18BrN3S/c1-8-13(14)9(2)17(16-8)7-11-5-12(6-15-4)18-10(11)3/h5,15H,6-7H2,1-4H3. The Kier molecular flexibility index (Phi) is 4.25. The van der Waals surface area contributed by atoms with Crippen molar-refractivity contribution in [3.8, 4) is 0 Å². The van der Waals surface area contributed by atoms with Gasteiger partial charge in [0.25, 0.3) is 0 Å². The van der Waals surface area contributed by atoms with E-state index in [0.717, 1.165) is 23.3 Å². The van der Waals surface area contributed by atoms with Crippen molar-refractivity contribution in [2.24, 2.45) is 0 Å². The number of halogens is 1. The molecule has 0 saturated carbocycles. The van der Waals surface area contributed by atoms with E-state index in [1.807, 2.05) is 25.3 Å². The van der Waals surface area contributed by atoms with Crippen LogP contribution in [0.15, 0.2) is 10.5 Å². The predicted molar refractivity (Wildman–Crippen MR) is 80.3 cm³/mol. The summed E-state index contributed by atoms with van der Waals surface area (Å²) in [6, 6.07) is 2.28. The van der Waals surface area contributed by atoms with E-state index in [1.165, 1.54) is 21.0 Å². The van der Waals surface area contributed by atoms with Crippen molar-refractivity contribution in [3.05, 3.63) is 37.2 Å². The minimum atomic E-state index is 0.852. The first-order chi connectivity index (χ1) is 8.52. The highest BCUT2D eigenvalue weighted by atomic mass is 79.9. The summed E-state index contributed by atoms with van der Waals surface area (Å²) < 4.78 is 3.18. The van der Waals surface area contributed by atoms with Gasteiger partial charge < -0.3 is 5.32 Å². The molecular formula is C13H18BrN3S. The Balaban J connectivity index is 2.25. The summed E-state index contributed by atoms with van der Waals surface area (Å²) in [6.45, 7) is 8.09. The Morgan fingerprint density at radius 2 is 2.11 bits per heavy atom. The molecular weight excluding hydrogens is 310 g/mol. The second-order valence-corrected chi connectivity index (χ2v) is 6.60. The van der Waals surface area contributed by atoms with Gasteiger partial charge in [-0.3, -0.25) is 4.68 Å². The highest BCUT2D eigenvalue weighted by molar-refractivity contribution is 9.10. The van der Waals surface area contributed by atoms with Gasteiger partial charge >= 0.3 is 0 Å². The van der Waals surface area contributed by atoms with E-state index in [9.17, 15) is 0 Å². The van der Waals surface area contributed by atoms with Crippen LogP contribution in [0, 0.1) is 20.8 Å². The van der Waals surface area contributed by atoms with Crippen molar-refractivity contribution >= 4 is 27.3 Å². The lowest BCUT2D eigenvalue weighted by atomic mass is 10.2. The maximum atomic E-state index is 4.56. The molecule has 2 heterocycles. The van der Waals surface area contributed by atoms with Crippen molar-refractivity contribution in [2.45, 2.75) is 33.9 Å². The Hall–Kier alpha value is -0.650. The average molecular weight is 328 g/mol. The first-order valence-electron chi connectivity index (χ1n) is 5.95. The summed E-state index contributed by atoms with van der Waals surface area (Å²) in [4.78, 5) is 2.76. The van der Waals surface area contributed by atoms with Crippen LogP contribution in [-0.4, -0.2) is 16.8 Å². The van der Waals surface area contributed by atoms with Gasteiger partial charge in [-0.05, 0) is 55.4 Å². The Morgan fingerprint density at radius 3 is 2.67 bits per heavy atom. The first kappa shape index (κ1) is 13.8. The fourth-order valence-electron chi connectivity index (χ4n) is 2.00. The van der Waals surface area contributed by atoms with Crippen LogP contribution in [0.2, 0.25) is 0 Å². The summed E-state index contributed by atoms with van der Waals surface area (Å²) in [5, 5.41) is 7.75. The SMILES string of the molecule is CNCc1cc(Cn2nc(C)c(Br)c2C)c(C)s1. The molecule has 2 rings (SSSR count). The molecule has 98 valence electrons. The molecule has 18 heavy (non-hydrogen) atoms. The molecule has 0 spiro atoms. The van der Waals surface area contributed by atoms with Crippen LogP contribution >= 0.6 is 27.3 Å². The minimum absolute atomic E-state index is 0.852. The van der Waals surface area contributed by atoms with E-state index in [4.69, 9.17) is 0 Å². The van der Waals surface area contributed by atoms with Crippen molar-refractivity contribution in [1.82, 2.24) is 15.1 Å². The third-order valence-electron chi connectivity index (χ3n) is 3.04. The fraction of sp³-hybridized carbons (Fsp3) is 0.462. The van der Waals surface area contributed by atoms with Crippen LogP contribution in [0.3, 0.4) is 0 Å². The zero-order valence-corrected chi connectivity index (χ0v) is 13.6. The Bertz CT molecular complexity index is 557. The molecule has 0 aliphatic carbocycles. The summed E-state index contributed by atoms with van der Waals surface area (Å²) in [5.74, 6) is 0. The van der Waals surface area contributed by atoms with E-state index in [0.29, 0.717) is 0 Å². The monoisotopic (exact) mass is 327 g/mol. The molecule has 0 atom stereocenters. The predicted octanol–water partition coefficient (Wildman–Crippen LogP) is 3.40. The van der Waals surface area contributed by atoms with Crippen LogP contribution in [-0.2, 0) is 13.1 Å². The number of hydrogen-bond donors (Lipinski definition) is 1. The van der Waals surface area contributed by atoms with Crippen LogP contribution in [0.5, 0.6) is 0 Å². The van der Waals surface area contributed by atoms with Crippen LogP contribution < -0.4 is 5.32 Å². The van der Waals surface area contributed by atoms with Gasteiger partial charge in [-0.15, -0.1) is 11.3 Å². The van der Waals surface area contributed by atoms with Gasteiger partial charge in [-0.25, -0.2) is 0 Å². The normalized spacial score (nSPS) is 11.2. The highest BCUT2D eigenvalue weighted by Gasteiger charge is 2.11. The smallest absolute Gasteiger partial charge is 0.0738 e. The first-order valence-corrected chi connectivity index (χ1v) is 7.56. The zero-order chi connectivity index (χ0) is 13.3. The second kappa shape index (κ2) is 5.55. The second-order valence-electron chi connectivity index (χ2n) is 4.47. The van der Waals surface area contributed by atoms with Gasteiger partial charge in [0.05, 0.1) is 22.4 Å². The topological polar surface area (TPSA) is 29.9 Å². The lowest BCUT2D eigenvalue weighted by molar-refractivity contribution is 0.657. The molecule has 0 saturated heterocycles. The molecule has 0 aliphatic heterocycles. The molecule has 0 aliphatic rings. The summed E-state index contributed by atoms with van der Waals surface area (Å²) in [7, 11) is 1.98. The minimum Gasteiger partial charge on any atom is -0.315 e. The number of thiophene rings is 1. The van der Waals surface area contributed by atoms with Crippen LogP contribution in [0.1, 0.15) is 26.7 Å². The lowest BCUT2D eigenvalue weighted by Gasteiger charge is -2.03. The number of aromatic nitrogens is 2. The molecule has 0 bridgehead atoms. The lowest BCUT2D eigenvalue weighted by Crippen LogP contribution is -2.05. The molecule has 0 amide bonds. The molecule has 5 heteroatoms. The molecule has 1 N–H and O–H groups in total. The van der Waals surface area contributed by atoms with Gasteiger partial charge in [0.2, 0.25) is 0 Å². The van der Waals surface area contributed by atoms with E-state index < -0.39 is 0 Å². The fourth-order valence-corrected chi connectivity index (χ4v) is 3.35. The molecule has 0 aromatic carbocycles. The number of rotatable bonds is 4. The number of nitrogens with one attached hydrogen (secondary N) is 1. The van der Waals surface area contributed by atoms with Gasteiger partial charge in [-0.2, -0.15) is 5.10 Å². The van der Waals surface area contributed by atoms with Crippen molar-refractivity contribution in [1.29, 1.82) is 0 Å². The molecule has 0 radical (unpaired) electrons. The van der Waals surface area contributed by atoms with E-state index in [1.54, 1.807) is 0 Å². The Labute approximate surface area is 120 Å². The maximum Gasteiger partial charge on any atom is 0.0738 e. The van der Waals surface area contributed by atoms with Gasteiger partial charge in [0.1, 0.15) is 0 Å². The third kappa shape index (κ3) is 2.68. The molecule has 2 aromatic heterocycles. The molecule has 2 aromatic rings. The number of nitrogens with zero attached hydrogens (tertiary/aromatic N) is 2. The Morgan fingerprint density at radius 1 is 1.39 bits per heavy atom. The van der Waals surface area contributed by atoms with Crippen LogP contribution in [0.25, 0.3) is 0 Å². The third-order valence-corrected chi connectivity index (χ3v) is 5.28. The number of aryl methyl sites for hydroxylation is 2. The maximum absolute atomic E-state index is 4.56. The quantitative estimate of drug-likeness (QED) is 0.932. The molecule has 3 nitrogen and oxygen atoms in total. The zero-order valence-electron chi connectivity index (χ0n) is 11.2. The number of hydrogen-bond acceptors (Lipinski definition) is 3. The van der Waals surface area contributed by atoms with E-state index in [-0.39, 0.29) is 0 Å².